The van der Waals surface area contributed by atoms with E-state index in [-0.39, 0.29) is 36.5 Å². The molecular formula is C12H16ClN3O2. The van der Waals surface area contributed by atoms with Gasteiger partial charge in [-0.2, -0.15) is 0 Å². The highest BCUT2D eigenvalue weighted by Crippen LogP contribution is 2.07. The lowest BCUT2D eigenvalue weighted by atomic mass is 10.3. The molecule has 0 aromatic carbocycles. The topological polar surface area (TPSA) is 71.1 Å². The highest BCUT2D eigenvalue weighted by atomic mass is 35.5. The van der Waals surface area contributed by atoms with Crippen molar-refractivity contribution in [2.24, 2.45) is 0 Å². The molecule has 0 aliphatic carbocycles. The average Bonchev–Trinajstić information content (AvgIpc) is 2.27. The summed E-state index contributed by atoms with van der Waals surface area (Å²) in [6, 6.07) is 3.17. The Labute approximate surface area is 111 Å². The van der Waals surface area contributed by atoms with Crippen LogP contribution in [-0.4, -0.2) is 29.4 Å². The van der Waals surface area contributed by atoms with Gasteiger partial charge >= 0.3 is 0 Å². The Bertz CT molecular complexity index is 435. The molecule has 0 atom stereocenters. The fourth-order valence-electron chi connectivity index (χ4n) is 1.30. The second-order valence-electron chi connectivity index (χ2n) is 4.09. The van der Waals surface area contributed by atoms with E-state index in [2.05, 4.69) is 15.6 Å². The molecule has 2 amide bonds. The minimum absolute atomic E-state index is 0.0932. The molecule has 1 heterocycles. The van der Waals surface area contributed by atoms with Crippen LogP contribution in [0.2, 0.25) is 5.02 Å². The van der Waals surface area contributed by atoms with Crippen LogP contribution < -0.4 is 10.6 Å². The number of hydrogen-bond donors (Lipinski definition) is 2. The van der Waals surface area contributed by atoms with Gasteiger partial charge < -0.3 is 10.6 Å². The Hall–Kier alpha value is -1.62. The monoisotopic (exact) mass is 269 g/mol. The van der Waals surface area contributed by atoms with Gasteiger partial charge in [0, 0.05) is 30.2 Å². The summed E-state index contributed by atoms with van der Waals surface area (Å²) in [6.45, 7) is 4.03. The van der Waals surface area contributed by atoms with Gasteiger partial charge in [0.1, 0.15) is 5.69 Å². The van der Waals surface area contributed by atoms with Gasteiger partial charge in [0.25, 0.3) is 5.91 Å². The van der Waals surface area contributed by atoms with Crippen molar-refractivity contribution in [2.75, 3.05) is 6.54 Å². The number of amides is 2. The van der Waals surface area contributed by atoms with Crippen molar-refractivity contribution < 1.29 is 9.59 Å². The SMILES string of the molecule is CC(C)NC(=O)CCNC(=O)c1cc(Cl)ccn1. The Kier molecular flexibility index (Phi) is 5.58. The third kappa shape index (κ3) is 5.14. The maximum absolute atomic E-state index is 11.6. The molecule has 98 valence electrons. The van der Waals surface area contributed by atoms with Crippen LogP contribution in [0.3, 0.4) is 0 Å². The molecule has 0 spiro atoms. The fourth-order valence-corrected chi connectivity index (χ4v) is 1.46. The van der Waals surface area contributed by atoms with Crippen molar-refractivity contribution in [1.82, 2.24) is 15.6 Å². The molecule has 1 rings (SSSR count). The lowest BCUT2D eigenvalue weighted by Gasteiger charge is -2.08. The predicted octanol–water partition coefficient (Wildman–Crippen LogP) is 1.38. The minimum atomic E-state index is -0.338. The summed E-state index contributed by atoms with van der Waals surface area (Å²) in [5, 5.41) is 5.80. The molecule has 2 N–H and O–H groups in total. The second kappa shape index (κ2) is 6.96. The van der Waals surface area contributed by atoms with Gasteiger partial charge in [-0.15, -0.1) is 0 Å². The lowest BCUT2D eigenvalue weighted by molar-refractivity contribution is -0.121. The molecule has 0 fully saturated rings. The smallest absolute Gasteiger partial charge is 0.269 e. The van der Waals surface area contributed by atoms with E-state index in [1.54, 1.807) is 6.07 Å². The second-order valence-corrected chi connectivity index (χ2v) is 4.52. The third-order valence-corrected chi connectivity index (χ3v) is 2.28. The van der Waals surface area contributed by atoms with E-state index < -0.39 is 0 Å². The molecular weight excluding hydrogens is 254 g/mol. The van der Waals surface area contributed by atoms with E-state index in [1.807, 2.05) is 13.8 Å². The first-order chi connectivity index (χ1) is 8.49. The van der Waals surface area contributed by atoms with Crippen LogP contribution in [0.4, 0.5) is 0 Å². The zero-order chi connectivity index (χ0) is 13.5. The summed E-state index contributed by atoms with van der Waals surface area (Å²) in [5.41, 5.74) is 0.242. The van der Waals surface area contributed by atoms with Crippen LogP contribution in [0.1, 0.15) is 30.8 Å². The maximum Gasteiger partial charge on any atom is 0.269 e. The number of halogens is 1. The number of aromatic nitrogens is 1. The average molecular weight is 270 g/mol. The van der Waals surface area contributed by atoms with Gasteiger partial charge in [-0.25, -0.2) is 0 Å². The van der Waals surface area contributed by atoms with E-state index in [1.165, 1.54) is 12.3 Å². The van der Waals surface area contributed by atoms with Gasteiger partial charge in [-0.1, -0.05) is 11.6 Å². The zero-order valence-corrected chi connectivity index (χ0v) is 11.1. The standard InChI is InChI=1S/C12H16ClN3O2/c1-8(2)16-11(17)4-6-15-12(18)10-7-9(13)3-5-14-10/h3,5,7-8H,4,6H2,1-2H3,(H,15,18)(H,16,17). The van der Waals surface area contributed by atoms with Crippen LogP contribution in [0, 0.1) is 0 Å². The number of nitrogens with zero attached hydrogens (tertiary/aromatic N) is 1. The Balaban J connectivity index is 2.36. The molecule has 5 nitrogen and oxygen atoms in total. The summed E-state index contributed by atoms with van der Waals surface area (Å²) in [6.07, 6.45) is 1.70. The molecule has 0 bridgehead atoms. The van der Waals surface area contributed by atoms with Crippen LogP contribution in [0.25, 0.3) is 0 Å². The molecule has 0 aliphatic rings. The highest BCUT2D eigenvalue weighted by molar-refractivity contribution is 6.30. The summed E-state index contributed by atoms with van der Waals surface area (Å²) < 4.78 is 0. The van der Waals surface area contributed by atoms with E-state index in [9.17, 15) is 9.59 Å². The van der Waals surface area contributed by atoms with Gasteiger partial charge in [-0.05, 0) is 26.0 Å². The van der Waals surface area contributed by atoms with Crippen LogP contribution in [0.5, 0.6) is 0 Å². The van der Waals surface area contributed by atoms with Crippen molar-refractivity contribution in [1.29, 1.82) is 0 Å². The summed E-state index contributed by atoms with van der Waals surface area (Å²) in [5.74, 6) is -0.431. The van der Waals surface area contributed by atoms with Crippen molar-refractivity contribution in [3.63, 3.8) is 0 Å². The number of carbonyl (C=O) groups excluding carboxylic acids is 2. The van der Waals surface area contributed by atoms with E-state index >= 15 is 0 Å². The molecule has 0 saturated carbocycles. The normalized spacial score (nSPS) is 10.2. The van der Waals surface area contributed by atoms with Crippen LogP contribution in [-0.2, 0) is 4.79 Å². The largest absolute Gasteiger partial charge is 0.354 e. The zero-order valence-electron chi connectivity index (χ0n) is 10.4. The minimum Gasteiger partial charge on any atom is -0.354 e. The summed E-state index contributed by atoms with van der Waals surface area (Å²) in [4.78, 5) is 26.9. The first-order valence-electron chi connectivity index (χ1n) is 5.68. The highest BCUT2D eigenvalue weighted by Gasteiger charge is 2.08. The first-order valence-corrected chi connectivity index (χ1v) is 6.06. The van der Waals surface area contributed by atoms with Gasteiger partial charge in [0.15, 0.2) is 0 Å². The first kappa shape index (κ1) is 14.4. The summed E-state index contributed by atoms with van der Waals surface area (Å²) >= 11 is 5.75. The van der Waals surface area contributed by atoms with Crippen LogP contribution in [0.15, 0.2) is 18.3 Å². The van der Waals surface area contributed by atoms with Crippen molar-refractivity contribution in [2.45, 2.75) is 26.3 Å². The van der Waals surface area contributed by atoms with Gasteiger partial charge in [0.05, 0.1) is 0 Å². The molecule has 0 aliphatic heterocycles. The van der Waals surface area contributed by atoms with E-state index in [0.717, 1.165) is 0 Å². The quantitative estimate of drug-likeness (QED) is 0.848. The molecule has 6 heteroatoms. The molecule has 1 aromatic rings. The number of carbonyl (C=O) groups is 2. The number of nitrogens with one attached hydrogen (secondary N) is 2. The lowest BCUT2D eigenvalue weighted by Crippen LogP contribution is -2.34. The molecule has 0 unspecified atom stereocenters. The van der Waals surface area contributed by atoms with Gasteiger partial charge in [-0.3, -0.25) is 14.6 Å². The van der Waals surface area contributed by atoms with Crippen molar-refractivity contribution >= 4 is 23.4 Å². The van der Waals surface area contributed by atoms with Crippen molar-refractivity contribution in [3.8, 4) is 0 Å². The van der Waals surface area contributed by atoms with E-state index in [0.29, 0.717) is 5.02 Å². The van der Waals surface area contributed by atoms with E-state index in [4.69, 9.17) is 11.6 Å². The number of hydrogen-bond acceptors (Lipinski definition) is 3. The Morgan fingerprint density at radius 2 is 2.17 bits per heavy atom. The molecule has 0 radical (unpaired) electrons. The maximum atomic E-state index is 11.6. The molecule has 1 aromatic heterocycles. The molecule has 0 saturated heterocycles. The summed E-state index contributed by atoms with van der Waals surface area (Å²) in [7, 11) is 0. The Morgan fingerprint density at radius 1 is 1.44 bits per heavy atom. The van der Waals surface area contributed by atoms with Crippen molar-refractivity contribution in [3.05, 3.63) is 29.0 Å². The molecule has 18 heavy (non-hydrogen) atoms. The number of pyridine rings is 1. The predicted molar refractivity (Wildman–Crippen MR) is 69.5 cm³/mol. The Morgan fingerprint density at radius 3 is 2.78 bits per heavy atom. The number of rotatable bonds is 5. The third-order valence-electron chi connectivity index (χ3n) is 2.04. The fraction of sp³-hybridized carbons (Fsp3) is 0.417. The van der Waals surface area contributed by atoms with Gasteiger partial charge in [0.2, 0.25) is 5.91 Å². The van der Waals surface area contributed by atoms with Crippen LogP contribution >= 0.6 is 11.6 Å².